The molecule has 7 nitrogen and oxygen atoms in total. The Morgan fingerprint density at radius 3 is 2.71 bits per heavy atom. The topological polar surface area (TPSA) is 73.0 Å². The number of fused-ring (bicyclic) bond motifs is 1. The van der Waals surface area contributed by atoms with Gasteiger partial charge in [-0.3, -0.25) is 9.69 Å². The van der Waals surface area contributed by atoms with Crippen LogP contribution in [0.3, 0.4) is 0 Å². The second-order valence-corrected chi connectivity index (χ2v) is 10.1. The molecule has 1 aromatic rings. The summed E-state index contributed by atoms with van der Waals surface area (Å²) in [5.74, 6) is -0.284. The molecule has 8 heteroatoms. The predicted octanol–water partition coefficient (Wildman–Crippen LogP) is 1.07. The van der Waals surface area contributed by atoms with Crippen LogP contribution in [0, 0.1) is 5.92 Å². The number of nitrogens with zero attached hydrogens (tertiary/aromatic N) is 3. The van der Waals surface area contributed by atoms with E-state index in [4.69, 9.17) is 0 Å². The summed E-state index contributed by atoms with van der Waals surface area (Å²) in [6, 6.07) is 8.59. The Morgan fingerprint density at radius 2 is 1.96 bits per heavy atom. The van der Waals surface area contributed by atoms with Gasteiger partial charge in [0.25, 0.3) is 10.2 Å². The van der Waals surface area contributed by atoms with Crippen LogP contribution < -0.4 is 5.32 Å². The number of benzene rings is 1. The molecule has 0 bridgehead atoms. The first-order valence-corrected chi connectivity index (χ1v) is 11.5. The molecule has 1 fully saturated rings. The van der Waals surface area contributed by atoms with Gasteiger partial charge in [-0.25, -0.2) is 0 Å². The van der Waals surface area contributed by atoms with Crippen LogP contribution >= 0.6 is 0 Å². The van der Waals surface area contributed by atoms with Gasteiger partial charge in [0.05, 0.1) is 5.92 Å². The molecular formula is C20H32N4O3S. The largest absolute Gasteiger partial charge is 0.356 e. The summed E-state index contributed by atoms with van der Waals surface area (Å²) in [6.45, 7) is 4.39. The highest BCUT2D eigenvalue weighted by atomic mass is 32.2. The smallest absolute Gasteiger partial charge is 0.281 e. The molecule has 2 aliphatic rings. The molecule has 1 N–H and O–H groups in total. The van der Waals surface area contributed by atoms with Gasteiger partial charge in [-0.1, -0.05) is 24.3 Å². The maximum absolute atomic E-state index is 12.5. The summed E-state index contributed by atoms with van der Waals surface area (Å²) < 4.78 is 27.2. The van der Waals surface area contributed by atoms with Crippen LogP contribution in [-0.2, 0) is 28.0 Å². The average molecular weight is 409 g/mol. The molecule has 3 rings (SSSR count). The molecule has 2 heterocycles. The zero-order valence-electron chi connectivity index (χ0n) is 16.9. The van der Waals surface area contributed by atoms with Crippen LogP contribution in [0.1, 0.15) is 30.4 Å². The van der Waals surface area contributed by atoms with Gasteiger partial charge in [-0.2, -0.15) is 17.0 Å². The molecule has 0 aliphatic carbocycles. The van der Waals surface area contributed by atoms with Gasteiger partial charge < -0.3 is 5.32 Å². The molecular weight excluding hydrogens is 376 g/mol. The molecule has 0 saturated carbocycles. The summed E-state index contributed by atoms with van der Waals surface area (Å²) >= 11 is 0. The summed E-state index contributed by atoms with van der Waals surface area (Å²) in [6.07, 6.45) is 3.45. The maximum atomic E-state index is 12.5. The van der Waals surface area contributed by atoms with Crippen LogP contribution in [0.2, 0.25) is 0 Å². The molecule has 0 radical (unpaired) electrons. The first-order chi connectivity index (χ1) is 13.4. The van der Waals surface area contributed by atoms with Crippen molar-refractivity contribution in [3.63, 3.8) is 0 Å². The molecule has 1 amide bonds. The molecule has 2 aliphatic heterocycles. The SMILES string of the molecule is CN(C)S(=O)(=O)N1CCC[C@H](C(=O)NCCCN2CCc3ccccc3C2)C1. The van der Waals surface area contributed by atoms with Gasteiger partial charge in [0.2, 0.25) is 5.91 Å². The number of rotatable bonds is 7. The van der Waals surface area contributed by atoms with E-state index in [-0.39, 0.29) is 18.4 Å². The van der Waals surface area contributed by atoms with Gasteiger partial charge in [-0.15, -0.1) is 0 Å². The minimum atomic E-state index is -3.45. The highest BCUT2D eigenvalue weighted by molar-refractivity contribution is 7.86. The Bertz CT molecular complexity index is 781. The van der Waals surface area contributed by atoms with Crippen molar-refractivity contribution in [2.45, 2.75) is 32.2 Å². The van der Waals surface area contributed by atoms with Gasteiger partial charge in [0.1, 0.15) is 0 Å². The fraction of sp³-hybridized carbons (Fsp3) is 0.650. The third-order valence-corrected chi connectivity index (χ3v) is 7.61. The van der Waals surface area contributed by atoms with Crippen molar-refractivity contribution < 1.29 is 13.2 Å². The summed E-state index contributed by atoms with van der Waals surface area (Å²) in [7, 11) is -0.399. The van der Waals surface area contributed by atoms with Crippen LogP contribution in [-0.4, -0.2) is 74.7 Å². The van der Waals surface area contributed by atoms with Gasteiger partial charge in [0.15, 0.2) is 0 Å². The number of piperidine rings is 1. The van der Waals surface area contributed by atoms with E-state index in [1.807, 2.05) is 0 Å². The maximum Gasteiger partial charge on any atom is 0.281 e. The number of carbonyl (C=O) groups is 1. The fourth-order valence-corrected chi connectivity index (χ4v) is 5.19. The Morgan fingerprint density at radius 1 is 1.21 bits per heavy atom. The quantitative estimate of drug-likeness (QED) is 0.685. The molecule has 0 unspecified atom stereocenters. The molecule has 0 spiro atoms. The number of hydrogen-bond acceptors (Lipinski definition) is 4. The lowest BCUT2D eigenvalue weighted by Gasteiger charge is -2.33. The Labute approximate surface area is 168 Å². The van der Waals surface area contributed by atoms with Gasteiger partial charge in [-0.05, 0) is 36.8 Å². The zero-order chi connectivity index (χ0) is 20.1. The van der Waals surface area contributed by atoms with E-state index in [0.29, 0.717) is 13.1 Å². The van der Waals surface area contributed by atoms with E-state index in [0.717, 1.165) is 45.3 Å². The standard InChI is InChI=1S/C20H32N4O3S/c1-22(2)28(26,27)24-13-5-9-19(16-24)20(25)21-11-6-12-23-14-10-17-7-3-4-8-18(17)15-23/h3-4,7-8,19H,5-6,9-16H2,1-2H3,(H,21,25)/t19-/m0/s1. The summed E-state index contributed by atoms with van der Waals surface area (Å²) in [5.41, 5.74) is 2.85. The monoisotopic (exact) mass is 408 g/mol. The van der Waals surface area contributed by atoms with E-state index < -0.39 is 10.2 Å². The molecule has 156 valence electrons. The van der Waals surface area contributed by atoms with E-state index in [2.05, 4.69) is 34.5 Å². The van der Waals surface area contributed by atoms with Crippen molar-refractivity contribution in [3.8, 4) is 0 Å². The van der Waals surface area contributed by atoms with Crippen LogP contribution in [0.15, 0.2) is 24.3 Å². The normalized spacial score (nSPS) is 21.5. The second kappa shape index (κ2) is 9.35. The highest BCUT2D eigenvalue weighted by Crippen LogP contribution is 2.21. The lowest BCUT2D eigenvalue weighted by molar-refractivity contribution is -0.126. The van der Waals surface area contributed by atoms with E-state index >= 15 is 0 Å². The highest BCUT2D eigenvalue weighted by Gasteiger charge is 2.33. The number of carbonyl (C=O) groups excluding carboxylic acids is 1. The number of amides is 1. The molecule has 1 atom stereocenters. The predicted molar refractivity (Wildman–Crippen MR) is 110 cm³/mol. The number of hydrogen-bond donors (Lipinski definition) is 1. The van der Waals surface area contributed by atoms with Crippen molar-refractivity contribution in [3.05, 3.63) is 35.4 Å². The minimum Gasteiger partial charge on any atom is -0.356 e. The Kier molecular flexibility index (Phi) is 7.09. The number of nitrogens with one attached hydrogen (secondary N) is 1. The van der Waals surface area contributed by atoms with Crippen molar-refractivity contribution in [2.75, 3.05) is 46.8 Å². The lowest BCUT2D eigenvalue weighted by Crippen LogP contribution is -2.49. The van der Waals surface area contributed by atoms with E-state index in [9.17, 15) is 13.2 Å². The van der Waals surface area contributed by atoms with Gasteiger partial charge in [0, 0.05) is 53.4 Å². The average Bonchev–Trinajstić information content (AvgIpc) is 2.71. The summed E-state index contributed by atoms with van der Waals surface area (Å²) in [5, 5.41) is 3.01. The minimum absolute atomic E-state index is 0.0253. The fourth-order valence-electron chi connectivity index (χ4n) is 4.00. The van der Waals surface area contributed by atoms with Gasteiger partial charge >= 0.3 is 0 Å². The Hall–Kier alpha value is -1.48. The summed E-state index contributed by atoms with van der Waals surface area (Å²) in [4.78, 5) is 14.9. The van der Waals surface area contributed by atoms with Crippen molar-refractivity contribution in [1.82, 2.24) is 18.8 Å². The third-order valence-electron chi connectivity index (χ3n) is 5.70. The first kappa shape index (κ1) is 21.2. The van der Waals surface area contributed by atoms with Crippen LogP contribution in [0.25, 0.3) is 0 Å². The van der Waals surface area contributed by atoms with E-state index in [1.54, 1.807) is 0 Å². The van der Waals surface area contributed by atoms with Crippen molar-refractivity contribution in [2.24, 2.45) is 5.92 Å². The van der Waals surface area contributed by atoms with Crippen molar-refractivity contribution in [1.29, 1.82) is 0 Å². The van der Waals surface area contributed by atoms with E-state index in [1.165, 1.54) is 33.8 Å². The first-order valence-electron chi connectivity index (χ1n) is 10.1. The van der Waals surface area contributed by atoms with Crippen LogP contribution in [0.5, 0.6) is 0 Å². The molecule has 0 aromatic heterocycles. The molecule has 28 heavy (non-hydrogen) atoms. The zero-order valence-corrected chi connectivity index (χ0v) is 17.7. The van der Waals surface area contributed by atoms with Crippen LogP contribution in [0.4, 0.5) is 0 Å². The lowest BCUT2D eigenvalue weighted by atomic mass is 9.99. The Balaban J connectivity index is 1.40. The third kappa shape index (κ3) is 5.11. The second-order valence-electron chi connectivity index (χ2n) is 7.93. The molecule has 1 aromatic carbocycles. The molecule has 1 saturated heterocycles. The van der Waals surface area contributed by atoms with Crippen molar-refractivity contribution >= 4 is 16.1 Å².